The molecule has 0 fully saturated rings. The number of hydrogen-bond acceptors (Lipinski definition) is 8. The molecule has 0 bridgehead atoms. The van der Waals surface area contributed by atoms with Crippen molar-refractivity contribution in [3.05, 3.63) is 124 Å². The number of carbonyl (C=O) groups is 2. The van der Waals surface area contributed by atoms with E-state index < -0.39 is 5.97 Å². The zero-order valence-electron chi connectivity index (χ0n) is 23.8. The molecule has 0 atom stereocenters. The van der Waals surface area contributed by atoms with Crippen molar-refractivity contribution in [2.75, 3.05) is 5.73 Å². The van der Waals surface area contributed by atoms with Crippen LogP contribution in [0.3, 0.4) is 0 Å². The second-order valence-corrected chi connectivity index (χ2v) is 10.5. The number of ether oxygens (including phenoxy) is 1. The van der Waals surface area contributed by atoms with Crippen molar-refractivity contribution in [3.63, 3.8) is 0 Å². The van der Waals surface area contributed by atoms with Gasteiger partial charge < -0.3 is 25.4 Å². The van der Waals surface area contributed by atoms with Crippen molar-refractivity contribution in [2.45, 2.75) is 26.4 Å². The lowest BCUT2D eigenvalue weighted by atomic mass is 9.89. The molecule has 3 aromatic carbocycles. The molecule has 1 aliphatic heterocycles. The van der Waals surface area contributed by atoms with Gasteiger partial charge in [-0.15, -0.1) is 0 Å². The Balaban J connectivity index is 1.23. The van der Waals surface area contributed by atoms with Gasteiger partial charge in [0.05, 0.1) is 10.9 Å². The highest BCUT2D eigenvalue weighted by atomic mass is 16.5. The fraction of sp³-hybridized carbons (Fsp3) is 0.114. The number of rotatable bonds is 9. The second kappa shape index (κ2) is 11.8. The molecule has 9 heteroatoms. The van der Waals surface area contributed by atoms with Crippen LogP contribution in [0, 0.1) is 12.3 Å². The van der Waals surface area contributed by atoms with E-state index in [1.165, 1.54) is 12.3 Å². The number of ketones is 1. The molecule has 9 nitrogen and oxygen atoms in total. The molecule has 0 spiro atoms. The van der Waals surface area contributed by atoms with Gasteiger partial charge in [0.1, 0.15) is 23.8 Å². The van der Waals surface area contributed by atoms with E-state index in [0.717, 1.165) is 22.1 Å². The van der Waals surface area contributed by atoms with Gasteiger partial charge in [-0.3, -0.25) is 4.79 Å². The summed E-state index contributed by atoms with van der Waals surface area (Å²) in [4.78, 5) is 33.8. The molecular weight excluding hydrogens is 556 g/mol. The SMILES string of the molecule is Cc1ccc2c(-c3ccc(C(=O)CCc4ccc(COc5nccc(N)n5)cc4)cc3C(=O)O)c3ccc(=N)cc-3oc2c1. The van der Waals surface area contributed by atoms with Crippen LogP contribution in [0.2, 0.25) is 0 Å². The summed E-state index contributed by atoms with van der Waals surface area (Å²) in [7, 11) is 0. The average Bonchev–Trinajstić information content (AvgIpc) is 3.01. The van der Waals surface area contributed by atoms with E-state index in [2.05, 4.69) is 9.97 Å². The normalized spacial score (nSPS) is 11.1. The first-order valence-electron chi connectivity index (χ1n) is 14.0. The summed E-state index contributed by atoms with van der Waals surface area (Å²) in [6.07, 6.45) is 2.24. The number of nitrogen functional groups attached to an aromatic ring is 1. The van der Waals surface area contributed by atoms with Crippen molar-refractivity contribution >= 4 is 28.5 Å². The van der Waals surface area contributed by atoms with Gasteiger partial charge in [-0.1, -0.05) is 48.5 Å². The number of nitrogens with zero attached hydrogens (tertiary/aromatic N) is 2. The Bertz CT molecular complexity index is 2070. The van der Waals surface area contributed by atoms with Crippen LogP contribution in [0.4, 0.5) is 5.82 Å². The second-order valence-electron chi connectivity index (χ2n) is 10.5. The van der Waals surface area contributed by atoms with E-state index in [-0.39, 0.29) is 35.7 Å². The first-order valence-corrected chi connectivity index (χ1v) is 14.0. The minimum absolute atomic E-state index is 0.0219. The van der Waals surface area contributed by atoms with Crippen molar-refractivity contribution in [3.8, 4) is 28.5 Å². The van der Waals surface area contributed by atoms with Crippen molar-refractivity contribution in [1.82, 2.24) is 9.97 Å². The minimum atomic E-state index is -1.14. The fourth-order valence-corrected chi connectivity index (χ4v) is 5.18. The number of nitrogens with two attached hydrogens (primary N) is 1. The van der Waals surface area contributed by atoms with Crippen molar-refractivity contribution in [1.29, 1.82) is 5.41 Å². The number of benzene rings is 4. The summed E-state index contributed by atoms with van der Waals surface area (Å²) < 4.78 is 11.7. The third-order valence-corrected chi connectivity index (χ3v) is 7.41. The number of aromatic nitrogens is 2. The molecule has 6 rings (SSSR count). The van der Waals surface area contributed by atoms with Crippen LogP contribution >= 0.6 is 0 Å². The van der Waals surface area contributed by atoms with Gasteiger partial charge in [-0.05, 0) is 65.9 Å². The van der Waals surface area contributed by atoms with Crippen molar-refractivity contribution < 1.29 is 23.8 Å². The molecule has 0 saturated carbocycles. The number of fused-ring (bicyclic) bond motifs is 2. The van der Waals surface area contributed by atoms with Gasteiger partial charge in [0.2, 0.25) is 0 Å². The topological polar surface area (TPSA) is 152 Å². The van der Waals surface area contributed by atoms with Gasteiger partial charge in [-0.25, -0.2) is 9.78 Å². The van der Waals surface area contributed by atoms with Gasteiger partial charge in [0, 0.05) is 40.8 Å². The Morgan fingerprint density at radius 1 is 0.932 bits per heavy atom. The largest absolute Gasteiger partial charge is 0.478 e. The molecule has 4 N–H and O–H groups in total. The van der Waals surface area contributed by atoms with E-state index in [4.69, 9.17) is 20.3 Å². The number of carbonyl (C=O) groups excluding carboxylic acids is 1. The van der Waals surface area contributed by atoms with Gasteiger partial charge in [-0.2, -0.15) is 4.98 Å². The Morgan fingerprint density at radius 2 is 1.70 bits per heavy atom. The molecule has 0 amide bonds. The number of aryl methyl sites for hydroxylation is 2. The van der Waals surface area contributed by atoms with Gasteiger partial charge >= 0.3 is 12.0 Å². The third-order valence-electron chi connectivity index (χ3n) is 7.41. The summed E-state index contributed by atoms with van der Waals surface area (Å²) in [5, 5.41) is 19.3. The Hall–Kier alpha value is -5.83. The van der Waals surface area contributed by atoms with Crippen LogP contribution in [-0.2, 0) is 13.0 Å². The molecule has 2 aliphatic rings. The minimum Gasteiger partial charge on any atom is -0.478 e. The summed E-state index contributed by atoms with van der Waals surface area (Å²) in [6, 6.07) is 25.1. The molecule has 2 heterocycles. The number of carboxylic acid groups (broad SMARTS) is 1. The van der Waals surface area contributed by atoms with E-state index >= 15 is 0 Å². The van der Waals surface area contributed by atoms with Crippen LogP contribution in [0.1, 0.15) is 43.8 Å². The van der Waals surface area contributed by atoms with Crippen LogP contribution in [0.5, 0.6) is 6.01 Å². The molecular formula is C35H28N4O5. The molecule has 218 valence electrons. The predicted octanol–water partition coefficient (Wildman–Crippen LogP) is 6.46. The molecule has 0 saturated heterocycles. The van der Waals surface area contributed by atoms with Crippen LogP contribution in [0.15, 0.2) is 95.5 Å². The summed E-state index contributed by atoms with van der Waals surface area (Å²) in [6.45, 7) is 2.22. The van der Waals surface area contributed by atoms with E-state index in [1.54, 1.807) is 36.4 Å². The van der Waals surface area contributed by atoms with Crippen LogP contribution in [0.25, 0.3) is 33.4 Å². The first-order chi connectivity index (χ1) is 21.2. The highest BCUT2D eigenvalue weighted by Gasteiger charge is 2.23. The van der Waals surface area contributed by atoms with E-state index in [9.17, 15) is 14.7 Å². The molecule has 0 radical (unpaired) electrons. The van der Waals surface area contributed by atoms with Crippen LogP contribution < -0.4 is 15.8 Å². The molecule has 44 heavy (non-hydrogen) atoms. The summed E-state index contributed by atoms with van der Waals surface area (Å²) >= 11 is 0. The average molecular weight is 585 g/mol. The van der Waals surface area contributed by atoms with E-state index in [0.29, 0.717) is 45.8 Å². The maximum absolute atomic E-state index is 13.2. The Morgan fingerprint density at radius 3 is 2.48 bits per heavy atom. The lowest BCUT2D eigenvalue weighted by molar-refractivity contribution is 0.0697. The third kappa shape index (κ3) is 5.89. The van der Waals surface area contributed by atoms with Gasteiger partial charge in [0.15, 0.2) is 5.78 Å². The maximum Gasteiger partial charge on any atom is 0.336 e. The monoisotopic (exact) mass is 584 g/mol. The molecule has 0 unspecified atom stereocenters. The number of nitrogens with one attached hydrogen (secondary N) is 1. The van der Waals surface area contributed by atoms with Crippen molar-refractivity contribution in [2.24, 2.45) is 0 Å². The van der Waals surface area contributed by atoms with Gasteiger partial charge in [0.25, 0.3) is 0 Å². The quantitative estimate of drug-likeness (QED) is 0.129. The molecule has 1 aliphatic carbocycles. The smallest absolute Gasteiger partial charge is 0.336 e. The number of carboxylic acids is 1. The zero-order chi connectivity index (χ0) is 30.8. The number of Topliss-reactive ketones (excluding diaryl/α,β-unsaturated/α-hetero) is 1. The number of aromatic carboxylic acids is 1. The lowest BCUT2D eigenvalue weighted by Gasteiger charge is -2.17. The van der Waals surface area contributed by atoms with Crippen LogP contribution in [-0.4, -0.2) is 26.8 Å². The highest BCUT2D eigenvalue weighted by Crippen LogP contribution is 2.41. The highest BCUT2D eigenvalue weighted by molar-refractivity contribution is 6.09. The molecule has 4 aromatic rings. The van der Waals surface area contributed by atoms with E-state index in [1.807, 2.05) is 49.4 Å². The standard InChI is InChI=1S/C35H28N4O5/c1-20-2-10-26-30(16-20)44-31-18-24(36)9-12-27(31)33(26)25-11-8-23(17-28(25)34(41)42)29(40)13-7-21-3-5-22(6-4-21)19-43-35-38-15-14-32(37)39-35/h2-6,8-12,14-18,36H,7,13,19H2,1H3,(H,41,42)(H2,37,38,39). The maximum atomic E-state index is 13.2. The summed E-state index contributed by atoms with van der Waals surface area (Å²) in [5.41, 5.74) is 11.3. The zero-order valence-corrected chi connectivity index (χ0v) is 23.8. The first kappa shape index (κ1) is 28.3. The Labute approximate surface area is 252 Å². The number of hydrogen-bond donors (Lipinski definition) is 3. The predicted molar refractivity (Wildman–Crippen MR) is 166 cm³/mol. The lowest BCUT2D eigenvalue weighted by Crippen LogP contribution is -2.07. The number of anilines is 1. The summed E-state index contributed by atoms with van der Waals surface area (Å²) in [5.74, 6) is -0.478. The molecule has 1 aromatic heterocycles. The Kier molecular flexibility index (Phi) is 7.59. The fourth-order valence-electron chi connectivity index (χ4n) is 5.18.